The largest absolute Gasteiger partial charge is 0.349 e. The Hall–Kier alpha value is -2.57. The summed E-state index contributed by atoms with van der Waals surface area (Å²) in [4.78, 5) is 26.3. The molecule has 1 aliphatic heterocycles. The van der Waals surface area contributed by atoms with E-state index in [1.165, 1.54) is 0 Å². The summed E-state index contributed by atoms with van der Waals surface area (Å²) in [6, 6.07) is 5.72. The van der Waals surface area contributed by atoms with E-state index in [1.807, 2.05) is 40.9 Å². The van der Waals surface area contributed by atoms with Crippen molar-refractivity contribution in [2.75, 3.05) is 13.1 Å². The van der Waals surface area contributed by atoms with Gasteiger partial charge >= 0.3 is 0 Å². The summed E-state index contributed by atoms with van der Waals surface area (Å²) < 4.78 is 3.69. The van der Waals surface area contributed by atoms with Gasteiger partial charge in [-0.3, -0.25) is 14.3 Å². The summed E-state index contributed by atoms with van der Waals surface area (Å²) in [6.45, 7) is 3.56. The number of rotatable bonds is 5. The van der Waals surface area contributed by atoms with Gasteiger partial charge in [0.15, 0.2) is 0 Å². The van der Waals surface area contributed by atoms with E-state index in [0.29, 0.717) is 18.8 Å². The van der Waals surface area contributed by atoms with Crippen LogP contribution in [0.15, 0.2) is 30.6 Å². The smallest absolute Gasteiger partial charge is 0.267 e. The molecule has 3 rings (SSSR count). The van der Waals surface area contributed by atoms with Gasteiger partial charge in [0.1, 0.15) is 5.69 Å². The van der Waals surface area contributed by atoms with Crippen LogP contribution in [-0.4, -0.2) is 44.2 Å². The third-order valence-corrected chi connectivity index (χ3v) is 4.83. The fourth-order valence-corrected chi connectivity index (χ4v) is 3.51. The van der Waals surface area contributed by atoms with Crippen molar-refractivity contribution in [3.05, 3.63) is 42.0 Å². The minimum Gasteiger partial charge on any atom is -0.349 e. The Labute approximate surface area is 147 Å². The highest BCUT2D eigenvalue weighted by Crippen LogP contribution is 2.31. The normalized spacial score (nSPS) is 17.5. The molecule has 3 heterocycles. The molecule has 1 unspecified atom stereocenters. The summed E-state index contributed by atoms with van der Waals surface area (Å²) in [7, 11) is 1.89. The maximum absolute atomic E-state index is 12.5. The minimum atomic E-state index is -0.105. The zero-order chi connectivity index (χ0) is 17.8. The van der Waals surface area contributed by atoms with Crippen LogP contribution in [0, 0.1) is 0 Å². The van der Waals surface area contributed by atoms with Crippen LogP contribution in [-0.2, 0) is 18.4 Å². The van der Waals surface area contributed by atoms with Crippen LogP contribution in [0.5, 0.6) is 0 Å². The standard InChI is InChI=1S/C18H25N5O2/c1-14(24)23-12-4-3-6-16(23)15-7-8-17(21(15)2)18(25)19-10-13-22-11-5-9-20-22/h5,7-9,11,16H,3-4,6,10,12-13H2,1-2H3,(H,19,25). The van der Waals surface area contributed by atoms with Crippen LogP contribution in [0.2, 0.25) is 0 Å². The van der Waals surface area contributed by atoms with E-state index in [9.17, 15) is 9.59 Å². The van der Waals surface area contributed by atoms with Crippen molar-refractivity contribution in [2.24, 2.45) is 7.05 Å². The Balaban J connectivity index is 1.67. The average molecular weight is 343 g/mol. The first kappa shape index (κ1) is 17.3. The highest BCUT2D eigenvalue weighted by atomic mass is 16.2. The number of likely N-dealkylation sites (tertiary alicyclic amines) is 1. The Bertz CT molecular complexity index is 735. The van der Waals surface area contributed by atoms with Crippen LogP contribution < -0.4 is 5.32 Å². The number of piperidine rings is 1. The predicted octanol–water partition coefficient (Wildman–Crippen LogP) is 1.73. The highest BCUT2D eigenvalue weighted by molar-refractivity contribution is 5.92. The molecule has 0 spiro atoms. The maximum Gasteiger partial charge on any atom is 0.267 e. The van der Waals surface area contributed by atoms with Crippen LogP contribution in [0.3, 0.4) is 0 Å². The van der Waals surface area contributed by atoms with E-state index >= 15 is 0 Å². The molecule has 2 amide bonds. The topological polar surface area (TPSA) is 72.2 Å². The number of hydrogen-bond acceptors (Lipinski definition) is 3. The molecule has 7 heteroatoms. The molecule has 1 fully saturated rings. The first-order valence-corrected chi connectivity index (χ1v) is 8.76. The lowest BCUT2D eigenvalue weighted by Gasteiger charge is -2.35. The number of nitrogens with zero attached hydrogens (tertiary/aromatic N) is 4. The molecule has 0 aliphatic carbocycles. The van der Waals surface area contributed by atoms with Crippen LogP contribution in [0.4, 0.5) is 0 Å². The van der Waals surface area contributed by atoms with Gasteiger partial charge in [0, 0.05) is 45.1 Å². The van der Waals surface area contributed by atoms with Crippen molar-refractivity contribution in [1.82, 2.24) is 24.6 Å². The Morgan fingerprint density at radius 2 is 2.16 bits per heavy atom. The molecule has 1 saturated heterocycles. The van der Waals surface area contributed by atoms with Crippen molar-refractivity contribution in [1.29, 1.82) is 0 Å². The third kappa shape index (κ3) is 3.75. The van der Waals surface area contributed by atoms with Gasteiger partial charge in [0.25, 0.3) is 5.91 Å². The van der Waals surface area contributed by atoms with Gasteiger partial charge in [-0.15, -0.1) is 0 Å². The van der Waals surface area contributed by atoms with E-state index < -0.39 is 0 Å². The number of carbonyl (C=O) groups is 2. The molecule has 0 bridgehead atoms. The second-order valence-corrected chi connectivity index (χ2v) is 6.45. The summed E-state index contributed by atoms with van der Waals surface area (Å²) in [5.41, 5.74) is 1.64. The SMILES string of the molecule is CC(=O)N1CCCCC1c1ccc(C(=O)NCCn2cccn2)n1C. The van der Waals surface area contributed by atoms with Gasteiger partial charge in [0.2, 0.25) is 5.91 Å². The van der Waals surface area contributed by atoms with Crippen molar-refractivity contribution in [3.8, 4) is 0 Å². The zero-order valence-corrected chi connectivity index (χ0v) is 14.8. The Morgan fingerprint density at radius 1 is 1.32 bits per heavy atom. The number of amides is 2. The summed E-state index contributed by atoms with van der Waals surface area (Å²) in [5.74, 6) is -0.0118. The first-order chi connectivity index (χ1) is 12.1. The third-order valence-electron chi connectivity index (χ3n) is 4.83. The summed E-state index contributed by atoms with van der Waals surface area (Å²) >= 11 is 0. The van der Waals surface area contributed by atoms with Crippen LogP contribution in [0.25, 0.3) is 0 Å². The number of carbonyl (C=O) groups excluding carboxylic acids is 2. The first-order valence-electron chi connectivity index (χ1n) is 8.76. The molecule has 1 atom stereocenters. The molecule has 2 aromatic rings. The summed E-state index contributed by atoms with van der Waals surface area (Å²) in [5, 5.41) is 7.04. The van der Waals surface area contributed by atoms with Gasteiger partial charge in [-0.25, -0.2) is 0 Å². The van der Waals surface area contributed by atoms with E-state index in [1.54, 1.807) is 17.8 Å². The van der Waals surface area contributed by atoms with Gasteiger partial charge in [0.05, 0.1) is 12.6 Å². The lowest BCUT2D eigenvalue weighted by atomic mass is 9.99. The molecule has 0 radical (unpaired) electrons. The van der Waals surface area contributed by atoms with Gasteiger partial charge in [-0.05, 0) is 37.5 Å². The van der Waals surface area contributed by atoms with Crippen molar-refractivity contribution in [2.45, 2.75) is 38.8 Å². The molecular formula is C18H25N5O2. The van der Waals surface area contributed by atoms with Crippen LogP contribution in [0.1, 0.15) is 48.4 Å². The maximum atomic E-state index is 12.5. The fraction of sp³-hybridized carbons (Fsp3) is 0.500. The molecular weight excluding hydrogens is 318 g/mol. The number of hydrogen-bond donors (Lipinski definition) is 1. The quantitative estimate of drug-likeness (QED) is 0.898. The molecule has 25 heavy (non-hydrogen) atoms. The number of nitrogens with one attached hydrogen (secondary N) is 1. The van der Waals surface area contributed by atoms with E-state index in [4.69, 9.17) is 0 Å². The Morgan fingerprint density at radius 3 is 2.88 bits per heavy atom. The van der Waals surface area contributed by atoms with Crippen molar-refractivity contribution >= 4 is 11.8 Å². The predicted molar refractivity (Wildman–Crippen MR) is 94.0 cm³/mol. The van der Waals surface area contributed by atoms with Gasteiger partial charge in [-0.2, -0.15) is 5.10 Å². The molecule has 1 aliphatic rings. The Kier molecular flexibility index (Phi) is 5.21. The van der Waals surface area contributed by atoms with Gasteiger partial charge in [-0.1, -0.05) is 0 Å². The van der Waals surface area contributed by atoms with E-state index in [0.717, 1.165) is 31.5 Å². The lowest BCUT2D eigenvalue weighted by molar-refractivity contribution is -0.132. The minimum absolute atomic E-state index is 0.0573. The molecule has 2 aromatic heterocycles. The fourth-order valence-electron chi connectivity index (χ4n) is 3.51. The van der Waals surface area contributed by atoms with Gasteiger partial charge < -0.3 is 14.8 Å². The molecule has 7 nitrogen and oxygen atoms in total. The second kappa shape index (κ2) is 7.55. The highest BCUT2D eigenvalue weighted by Gasteiger charge is 2.28. The molecule has 0 aromatic carbocycles. The van der Waals surface area contributed by atoms with E-state index in [2.05, 4.69) is 10.4 Å². The summed E-state index contributed by atoms with van der Waals surface area (Å²) in [6.07, 6.45) is 6.67. The van der Waals surface area contributed by atoms with Crippen molar-refractivity contribution < 1.29 is 9.59 Å². The lowest BCUT2D eigenvalue weighted by Crippen LogP contribution is -2.38. The van der Waals surface area contributed by atoms with Crippen LogP contribution >= 0.6 is 0 Å². The van der Waals surface area contributed by atoms with E-state index in [-0.39, 0.29) is 17.9 Å². The second-order valence-electron chi connectivity index (χ2n) is 6.45. The molecule has 134 valence electrons. The average Bonchev–Trinajstić information content (AvgIpc) is 3.24. The zero-order valence-electron chi connectivity index (χ0n) is 14.8. The molecule has 1 N–H and O–H groups in total. The molecule has 0 saturated carbocycles. The number of aromatic nitrogens is 3. The van der Waals surface area contributed by atoms with Crippen molar-refractivity contribution in [3.63, 3.8) is 0 Å². The monoisotopic (exact) mass is 343 g/mol.